The molecular formula is C37H46ClN5O5S. The molecule has 2 bridgehead atoms. The number of carbonyl (C=O) groups is 2. The Kier molecular flexibility index (Phi) is 11.4. The Balaban J connectivity index is 1.38. The molecule has 1 N–H and O–H groups in total. The van der Waals surface area contributed by atoms with Gasteiger partial charge in [-0.25, -0.2) is 4.21 Å². The average Bonchev–Trinajstić information content (AvgIpc) is 3.47. The Hall–Kier alpha value is -3.67. The van der Waals surface area contributed by atoms with E-state index in [1.54, 1.807) is 24.1 Å². The quantitative estimate of drug-likeness (QED) is 0.294. The summed E-state index contributed by atoms with van der Waals surface area (Å²) in [6.45, 7) is 4.12. The summed E-state index contributed by atoms with van der Waals surface area (Å²) in [6.07, 6.45) is 11.8. The molecule has 3 aromatic rings. The van der Waals surface area contributed by atoms with Crippen LogP contribution in [0.1, 0.15) is 72.1 Å². The van der Waals surface area contributed by atoms with Gasteiger partial charge in [-0.1, -0.05) is 29.8 Å². The van der Waals surface area contributed by atoms with Gasteiger partial charge in [0.2, 0.25) is 5.91 Å². The third-order valence-corrected chi connectivity index (χ3v) is 12.0. The van der Waals surface area contributed by atoms with Crippen molar-refractivity contribution in [3.05, 3.63) is 88.2 Å². The number of allylic oxidation sites excluding steroid dienone is 1. The summed E-state index contributed by atoms with van der Waals surface area (Å²) in [7, 11) is -1.67. The number of nitrogens with zero attached hydrogens (tertiary/aromatic N) is 4. The smallest absolute Gasteiger partial charge is 0.286 e. The van der Waals surface area contributed by atoms with Crippen LogP contribution >= 0.6 is 11.6 Å². The van der Waals surface area contributed by atoms with Crippen LogP contribution in [0.25, 0.3) is 0 Å². The molecule has 2 amide bonds. The van der Waals surface area contributed by atoms with Crippen molar-refractivity contribution in [1.82, 2.24) is 14.5 Å². The van der Waals surface area contributed by atoms with Crippen LogP contribution in [0.4, 0.5) is 5.69 Å². The van der Waals surface area contributed by atoms with Crippen molar-refractivity contribution in [2.24, 2.45) is 16.2 Å². The van der Waals surface area contributed by atoms with Crippen LogP contribution in [0.15, 0.2) is 65.2 Å². The van der Waals surface area contributed by atoms with Crippen LogP contribution in [-0.4, -0.2) is 57.9 Å². The van der Waals surface area contributed by atoms with Crippen molar-refractivity contribution < 1.29 is 23.3 Å². The second kappa shape index (κ2) is 15.9. The predicted octanol–water partition coefficient (Wildman–Crippen LogP) is 6.69. The van der Waals surface area contributed by atoms with Crippen LogP contribution in [0, 0.1) is 18.8 Å². The number of hydrogen-bond donors (Lipinski definition) is 1. The number of methoxy groups -OCH3 is 1. The fourth-order valence-corrected chi connectivity index (χ4v) is 8.81. The fraction of sp³-hybridized carbons (Fsp3) is 0.486. The van der Waals surface area contributed by atoms with Crippen molar-refractivity contribution in [3.8, 4) is 5.75 Å². The molecule has 1 aromatic heterocycles. The van der Waals surface area contributed by atoms with Gasteiger partial charge in [-0.15, -0.1) is 4.36 Å². The predicted molar refractivity (Wildman–Crippen MR) is 192 cm³/mol. The molecule has 4 atom stereocenters. The molecule has 1 saturated carbocycles. The molecule has 0 radical (unpaired) electrons. The highest BCUT2D eigenvalue weighted by Gasteiger charge is 2.38. The maximum Gasteiger partial charge on any atom is 0.286 e. The molecule has 1 aliphatic carbocycles. The van der Waals surface area contributed by atoms with Crippen LogP contribution in [0.5, 0.6) is 5.75 Å². The van der Waals surface area contributed by atoms with E-state index in [0.717, 1.165) is 50.0 Å². The molecule has 0 saturated heterocycles. The third kappa shape index (κ3) is 8.74. The van der Waals surface area contributed by atoms with Crippen LogP contribution in [0.3, 0.4) is 0 Å². The zero-order chi connectivity index (χ0) is 34.4. The van der Waals surface area contributed by atoms with E-state index in [2.05, 4.69) is 43.4 Å². The van der Waals surface area contributed by atoms with Gasteiger partial charge in [0.15, 0.2) is 0 Å². The standard InChI is InChI=1S/C37H46ClN5O5S/c1-26-16-18-39-43(26)19-17-36(44)40-49(46)21-7-3-4-9-34(47-2)32-14-11-30(32)25-42-24-29-10-13-31(38)22-27(29)8-5-6-20-48-35-15-12-28(23-33(35)42)37(45)41-49/h4,9-10,12-13,15-16,18,22-23,30,32,34H,3,5-8,11,14,17,19-21,24-25H2,1-2H3,(H,40,41,44,45,46)/b9-4+/t30-,32+,34-,49+/m0/s1. The molecule has 262 valence electrons. The zero-order valence-electron chi connectivity index (χ0n) is 28.3. The number of rotatable bonds is 5. The molecule has 0 spiro atoms. The van der Waals surface area contributed by atoms with E-state index in [1.165, 1.54) is 11.1 Å². The number of aromatic nitrogens is 2. The summed E-state index contributed by atoms with van der Waals surface area (Å²) in [5, 5.41) is 4.94. The first-order chi connectivity index (χ1) is 23.7. The van der Waals surface area contributed by atoms with Crippen molar-refractivity contribution in [3.63, 3.8) is 0 Å². The molecule has 2 aliphatic heterocycles. The van der Waals surface area contributed by atoms with Crippen LogP contribution in [0.2, 0.25) is 5.02 Å². The Bertz CT molecular complexity index is 1820. The number of halogens is 1. The minimum atomic E-state index is -3.43. The zero-order valence-corrected chi connectivity index (χ0v) is 29.9. The van der Waals surface area contributed by atoms with Crippen molar-refractivity contribution in [1.29, 1.82) is 0 Å². The Labute approximate surface area is 294 Å². The summed E-state index contributed by atoms with van der Waals surface area (Å²) in [6, 6.07) is 13.3. The SMILES string of the molecule is CO[C@H]1/C=C/CCC[S@@](=O)(NC(=O)CCn2nccc2C)=NC(=O)c2ccc3c(c2)N(Cc2ccc(Cl)cc2CCCCO3)C[C@@H]2CC[C@H]21. The molecule has 12 heteroatoms. The van der Waals surface area contributed by atoms with E-state index in [4.69, 9.17) is 21.1 Å². The molecule has 1 fully saturated rings. The number of anilines is 1. The largest absolute Gasteiger partial charge is 0.491 e. The fourth-order valence-electron chi connectivity index (χ4n) is 6.99. The number of fused-ring (bicyclic) bond motifs is 3. The highest BCUT2D eigenvalue weighted by molar-refractivity contribution is 7.92. The monoisotopic (exact) mass is 707 g/mol. The van der Waals surface area contributed by atoms with Crippen molar-refractivity contribution in [2.45, 2.75) is 77.5 Å². The lowest BCUT2D eigenvalue weighted by Crippen LogP contribution is -2.43. The highest BCUT2D eigenvalue weighted by Crippen LogP contribution is 2.42. The van der Waals surface area contributed by atoms with E-state index in [9.17, 15) is 13.8 Å². The lowest BCUT2D eigenvalue weighted by atomic mass is 9.70. The summed E-state index contributed by atoms with van der Waals surface area (Å²) < 4.78 is 35.2. The Morgan fingerprint density at radius 3 is 2.78 bits per heavy atom. The first-order valence-electron chi connectivity index (χ1n) is 17.3. The number of carbonyl (C=O) groups excluding carboxylic acids is 2. The summed E-state index contributed by atoms with van der Waals surface area (Å²) in [4.78, 5) is 29.2. The van der Waals surface area contributed by atoms with Crippen LogP contribution < -0.4 is 14.4 Å². The summed E-state index contributed by atoms with van der Waals surface area (Å²) >= 11 is 6.45. The second-order valence-electron chi connectivity index (χ2n) is 13.3. The van der Waals surface area contributed by atoms with E-state index in [-0.39, 0.29) is 18.3 Å². The minimum Gasteiger partial charge on any atom is -0.491 e. The highest BCUT2D eigenvalue weighted by atomic mass is 35.5. The van der Waals surface area contributed by atoms with Gasteiger partial charge in [-0.05, 0) is 111 Å². The van der Waals surface area contributed by atoms with Crippen LogP contribution in [-0.2, 0) is 39.0 Å². The summed E-state index contributed by atoms with van der Waals surface area (Å²) in [5.74, 6) is 0.358. The molecule has 3 aliphatic rings. The number of amides is 2. The topological polar surface area (TPSA) is 115 Å². The molecule has 3 heterocycles. The van der Waals surface area contributed by atoms with Gasteiger partial charge in [-0.3, -0.25) is 19.0 Å². The number of ether oxygens (including phenoxy) is 2. The lowest BCUT2D eigenvalue weighted by Gasteiger charge is -2.43. The van der Waals surface area contributed by atoms with E-state index >= 15 is 0 Å². The van der Waals surface area contributed by atoms with Gasteiger partial charge >= 0.3 is 0 Å². The van der Waals surface area contributed by atoms with E-state index in [0.29, 0.717) is 60.7 Å². The van der Waals surface area contributed by atoms with E-state index < -0.39 is 21.7 Å². The van der Waals surface area contributed by atoms with E-state index in [1.807, 2.05) is 31.2 Å². The number of benzene rings is 2. The van der Waals surface area contributed by atoms with Gasteiger partial charge in [0.1, 0.15) is 15.7 Å². The average molecular weight is 708 g/mol. The van der Waals surface area contributed by atoms with Gasteiger partial charge in [0, 0.05) is 55.6 Å². The minimum absolute atomic E-state index is 0.0405. The Morgan fingerprint density at radius 2 is 2.00 bits per heavy atom. The second-order valence-corrected chi connectivity index (χ2v) is 15.8. The molecule has 0 unspecified atom stereocenters. The lowest BCUT2D eigenvalue weighted by molar-refractivity contribution is -0.119. The normalized spacial score (nSPS) is 25.3. The van der Waals surface area contributed by atoms with Gasteiger partial charge in [0.05, 0.1) is 24.2 Å². The maximum atomic E-state index is 14.2. The number of hydrogen-bond acceptors (Lipinski definition) is 7. The molecule has 2 aromatic carbocycles. The molecule has 49 heavy (non-hydrogen) atoms. The van der Waals surface area contributed by atoms with Gasteiger partial charge < -0.3 is 14.4 Å². The maximum absolute atomic E-state index is 14.2. The first kappa shape index (κ1) is 35.2. The summed E-state index contributed by atoms with van der Waals surface area (Å²) in [5.41, 5.74) is 4.40. The number of aryl methyl sites for hydroxylation is 3. The third-order valence-electron chi connectivity index (χ3n) is 9.90. The van der Waals surface area contributed by atoms with Crippen molar-refractivity contribution in [2.75, 3.05) is 30.9 Å². The molecule has 6 rings (SSSR count). The first-order valence-corrected chi connectivity index (χ1v) is 19.3. The van der Waals surface area contributed by atoms with Crippen molar-refractivity contribution >= 4 is 39.0 Å². The number of nitrogens with one attached hydrogen (secondary N) is 1. The Morgan fingerprint density at radius 1 is 1.12 bits per heavy atom. The molecule has 10 nitrogen and oxygen atoms in total. The molecular weight excluding hydrogens is 662 g/mol. The van der Waals surface area contributed by atoms with Gasteiger partial charge in [0.25, 0.3) is 5.91 Å². The van der Waals surface area contributed by atoms with Gasteiger partial charge in [-0.2, -0.15) is 5.10 Å².